The second-order valence-corrected chi connectivity index (χ2v) is 7.14. The zero-order valence-electron chi connectivity index (χ0n) is 9.29. The number of carbonyl (C=O) groups excluding carboxylic acids is 1. The van der Waals surface area contributed by atoms with Crippen molar-refractivity contribution >= 4 is 69.7 Å². The Morgan fingerprint density at radius 3 is 2.11 bits per heavy atom. The quantitative estimate of drug-likeness (QED) is 0.366. The first-order chi connectivity index (χ1) is 8.97. The van der Waals surface area contributed by atoms with E-state index in [1.54, 1.807) is 18.2 Å². The molecule has 0 saturated heterocycles. The van der Waals surface area contributed by atoms with Crippen molar-refractivity contribution in [1.29, 1.82) is 0 Å². The standard InChI is InChI=1S/C13H6Br4O2/c14-8-3-1-2-7(4-8)13(18)19-12-10(16)5-9(15)6-11(12)17/h1-6H. The molecule has 0 aliphatic rings. The number of ether oxygens (including phenoxy) is 1. The Bertz CT molecular complexity index is 617. The van der Waals surface area contributed by atoms with Crippen LogP contribution >= 0.6 is 63.7 Å². The van der Waals surface area contributed by atoms with Gasteiger partial charge in [-0.05, 0) is 62.2 Å². The van der Waals surface area contributed by atoms with Crippen LogP contribution in [0.15, 0.2) is 54.3 Å². The fourth-order valence-corrected chi connectivity index (χ4v) is 4.21. The Morgan fingerprint density at radius 1 is 0.895 bits per heavy atom. The van der Waals surface area contributed by atoms with Gasteiger partial charge in [-0.3, -0.25) is 0 Å². The van der Waals surface area contributed by atoms with E-state index in [-0.39, 0.29) is 0 Å². The Balaban J connectivity index is 2.29. The summed E-state index contributed by atoms with van der Waals surface area (Å²) in [5, 5.41) is 0. The summed E-state index contributed by atoms with van der Waals surface area (Å²) >= 11 is 13.4. The highest BCUT2D eigenvalue weighted by atomic mass is 79.9. The van der Waals surface area contributed by atoms with E-state index in [0.29, 0.717) is 20.3 Å². The SMILES string of the molecule is O=C(Oc1c(Br)cc(Br)cc1Br)c1cccc(Br)c1. The summed E-state index contributed by atoms with van der Waals surface area (Å²) in [6, 6.07) is 10.7. The van der Waals surface area contributed by atoms with E-state index in [0.717, 1.165) is 8.95 Å². The van der Waals surface area contributed by atoms with Crippen molar-refractivity contribution in [3.8, 4) is 5.75 Å². The summed E-state index contributed by atoms with van der Waals surface area (Å²) in [5.74, 6) is 0.0400. The average molecular weight is 514 g/mol. The van der Waals surface area contributed by atoms with Crippen molar-refractivity contribution < 1.29 is 9.53 Å². The molecule has 0 spiro atoms. The van der Waals surface area contributed by atoms with Crippen LogP contribution in [0.3, 0.4) is 0 Å². The lowest BCUT2D eigenvalue weighted by Crippen LogP contribution is -2.09. The van der Waals surface area contributed by atoms with Crippen molar-refractivity contribution in [1.82, 2.24) is 0 Å². The second kappa shape index (κ2) is 6.52. The van der Waals surface area contributed by atoms with Crippen LogP contribution in [0.5, 0.6) is 5.75 Å². The van der Waals surface area contributed by atoms with Gasteiger partial charge >= 0.3 is 5.97 Å². The molecular formula is C13H6Br4O2. The maximum atomic E-state index is 12.1. The van der Waals surface area contributed by atoms with Crippen molar-refractivity contribution in [3.63, 3.8) is 0 Å². The summed E-state index contributed by atoms with van der Waals surface area (Å²) in [7, 11) is 0. The first-order valence-corrected chi connectivity index (χ1v) is 8.27. The minimum absolute atomic E-state index is 0.412. The number of carbonyl (C=O) groups is 1. The van der Waals surface area contributed by atoms with E-state index in [9.17, 15) is 4.79 Å². The molecule has 2 nitrogen and oxygen atoms in total. The lowest BCUT2D eigenvalue weighted by atomic mass is 10.2. The van der Waals surface area contributed by atoms with Gasteiger partial charge in [0.1, 0.15) is 0 Å². The first kappa shape index (κ1) is 15.2. The zero-order chi connectivity index (χ0) is 14.0. The summed E-state index contributed by atoms with van der Waals surface area (Å²) in [6.07, 6.45) is 0. The van der Waals surface area contributed by atoms with Crippen LogP contribution in [0.2, 0.25) is 0 Å². The molecule has 0 aromatic heterocycles. The minimum atomic E-state index is -0.412. The topological polar surface area (TPSA) is 26.3 Å². The molecule has 0 aliphatic carbocycles. The Kier molecular flexibility index (Phi) is 5.22. The van der Waals surface area contributed by atoms with Crippen LogP contribution in [-0.4, -0.2) is 5.97 Å². The number of benzene rings is 2. The van der Waals surface area contributed by atoms with Crippen LogP contribution in [0.25, 0.3) is 0 Å². The lowest BCUT2D eigenvalue weighted by Gasteiger charge is -2.09. The molecule has 0 unspecified atom stereocenters. The molecule has 0 saturated carbocycles. The van der Waals surface area contributed by atoms with E-state index in [1.165, 1.54) is 0 Å². The molecule has 0 heterocycles. The molecule has 0 radical (unpaired) electrons. The summed E-state index contributed by atoms with van der Waals surface area (Å²) in [4.78, 5) is 12.1. The summed E-state index contributed by atoms with van der Waals surface area (Å²) < 4.78 is 8.49. The molecule has 0 fully saturated rings. The van der Waals surface area contributed by atoms with E-state index in [1.807, 2.05) is 18.2 Å². The van der Waals surface area contributed by atoms with Gasteiger partial charge in [-0.25, -0.2) is 4.79 Å². The molecule has 0 N–H and O–H groups in total. The molecule has 0 bridgehead atoms. The number of halogens is 4. The van der Waals surface area contributed by atoms with Gasteiger partial charge in [0.05, 0.1) is 14.5 Å². The smallest absolute Gasteiger partial charge is 0.343 e. The largest absolute Gasteiger partial charge is 0.421 e. The molecular weight excluding hydrogens is 508 g/mol. The van der Waals surface area contributed by atoms with Crippen LogP contribution in [0.1, 0.15) is 10.4 Å². The molecule has 2 aromatic carbocycles. The first-order valence-electron chi connectivity index (χ1n) is 5.09. The highest BCUT2D eigenvalue weighted by Crippen LogP contribution is 2.36. The number of hydrogen-bond acceptors (Lipinski definition) is 2. The summed E-state index contributed by atoms with van der Waals surface area (Å²) in [6.45, 7) is 0. The predicted octanol–water partition coefficient (Wildman–Crippen LogP) is 5.96. The molecule has 2 aromatic rings. The van der Waals surface area contributed by atoms with Crippen molar-refractivity contribution in [2.75, 3.05) is 0 Å². The molecule has 0 aliphatic heterocycles. The highest BCUT2D eigenvalue weighted by Gasteiger charge is 2.14. The monoisotopic (exact) mass is 510 g/mol. The normalized spacial score (nSPS) is 10.3. The van der Waals surface area contributed by atoms with E-state index in [4.69, 9.17) is 4.74 Å². The average Bonchev–Trinajstić information content (AvgIpc) is 2.33. The Morgan fingerprint density at radius 2 is 1.53 bits per heavy atom. The predicted molar refractivity (Wildman–Crippen MR) is 88.6 cm³/mol. The zero-order valence-corrected chi connectivity index (χ0v) is 15.6. The lowest BCUT2D eigenvalue weighted by molar-refractivity contribution is 0.0732. The number of rotatable bonds is 2. The number of esters is 1. The van der Waals surface area contributed by atoms with Gasteiger partial charge in [-0.2, -0.15) is 0 Å². The molecule has 0 amide bonds. The molecule has 0 atom stereocenters. The molecule has 98 valence electrons. The summed E-state index contributed by atoms with van der Waals surface area (Å²) in [5.41, 5.74) is 0.482. The molecule has 2 rings (SSSR count). The van der Waals surface area contributed by atoms with E-state index in [2.05, 4.69) is 63.7 Å². The maximum absolute atomic E-state index is 12.1. The fraction of sp³-hybridized carbons (Fsp3) is 0. The van der Waals surface area contributed by atoms with Crippen LogP contribution in [0.4, 0.5) is 0 Å². The van der Waals surface area contributed by atoms with Crippen LogP contribution < -0.4 is 4.74 Å². The van der Waals surface area contributed by atoms with Gasteiger partial charge in [0, 0.05) is 8.95 Å². The van der Waals surface area contributed by atoms with E-state index >= 15 is 0 Å². The van der Waals surface area contributed by atoms with Gasteiger partial charge in [0.25, 0.3) is 0 Å². The minimum Gasteiger partial charge on any atom is -0.421 e. The maximum Gasteiger partial charge on any atom is 0.343 e. The van der Waals surface area contributed by atoms with Gasteiger partial charge < -0.3 is 4.74 Å². The van der Waals surface area contributed by atoms with Crippen molar-refractivity contribution in [2.45, 2.75) is 0 Å². The molecule has 19 heavy (non-hydrogen) atoms. The van der Waals surface area contributed by atoms with E-state index < -0.39 is 5.97 Å². The second-order valence-electron chi connectivity index (χ2n) is 3.60. The van der Waals surface area contributed by atoms with Gasteiger partial charge in [0.2, 0.25) is 0 Å². The van der Waals surface area contributed by atoms with Crippen LogP contribution in [0, 0.1) is 0 Å². The number of hydrogen-bond donors (Lipinski definition) is 0. The Hall–Kier alpha value is -0.170. The molecule has 6 heteroatoms. The van der Waals surface area contributed by atoms with Gasteiger partial charge in [0.15, 0.2) is 5.75 Å². The highest BCUT2D eigenvalue weighted by molar-refractivity contribution is 9.11. The third-order valence-electron chi connectivity index (χ3n) is 2.22. The Labute approximate surface area is 144 Å². The van der Waals surface area contributed by atoms with Gasteiger partial charge in [-0.15, -0.1) is 0 Å². The fourth-order valence-electron chi connectivity index (χ4n) is 1.39. The third-order valence-corrected chi connectivity index (χ3v) is 4.35. The third kappa shape index (κ3) is 3.90. The van der Waals surface area contributed by atoms with Crippen molar-refractivity contribution in [2.24, 2.45) is 0 Å². The van der Waals surface area contributed by atoms with Crippen molar-refractivity contribution in [3.05, 3.63) is 59.9 Å². The van der Waals surface area contributed by atoms with Crippen LogP contribution in [-0.2, 0) is 0 Å². The van der Waals surface area contributed by atoms with Gasteiger partial charge in [-0.1, -0.05) is 37.9 Å².